The van der Waals surface area contributed by atoms with Crippen molar-refractivity contribution >= 4 is 67.5 Å². The van der Waals surface area contributed by atoms with Crippen LogP contribution in [0.3, 0.4) is 0 Å². The Bertz CT molecular complexity index is 2440. The number of hydrazone groups is 2. The number of hydrogen-bond acceptors (Lipinski definition) is 15. The van der Waals surface area contributed by atoms with Crippen molar-refractivity contribution in [2.24, 2.45) is 19.0 Å². The molecule has 2 aliphatic heterocycles. The maximum Gasteiger partial charge on any atom is 0.305 e. The predicted octanol–water partition coefficient (Wildman–Crippen LogP) is 3.53. The molecule has 0 aliphatic carbocycles. The number of carbonyl (C=O) groups excluding carboxylic acids is 1. The molecule has 0 spiro atoms. The zero-order chi connectivity index (χ0) is 41.6. The Balaban J connectivity index is 0.000000210. The van der Waals surface area contributed by atoms with Crippen molar-refractivity contribution in [3.8, 4) is 23.0 Å². The van der Waals surface area contributed by atoms with Crippen molar-refractivity contribution in [2.45, 2.75) is 16.2 Å². The number of carbonyl (C=O) groups is 2. The van der Waals surface area contributed by atoms with E-state index in [4.69, 9.17) is 30.9 Å². The van der Waals surface area contributed by atoms with Gasteiger partial charge in [0.05, 0.1) is 44.5 Å². The number of fused-ring (bicyclic) bond motifs is 2. The summed E-state index contributed by atoms with van der Waals surface area (Å²) in [4.78, 5) is 20.9. The average Bonchev–Trinajstić information content (AvgIpc) is 3.60. The number of nitrogens with one attached hydrogen (secondary N) is 1. The van der Waals surface area contributed by atoms with E-state index in [9.17, 15) is 36.6 Å². The van der Waals surface area contributed by atoms with Crippen molar-refractivity contribution in [1.82, 2.24) is 10.4 Å². The van der Waals surface area contributed by atoms with Crippen molar-refractivity contribution in [3.05, 3.63) is 107 Å². The van der Waals surface area contributed by atoms with Gasteiger partial charge in [0.1, 0.15) is 11.5 Å². The van der Waals surface area contributed by atoms with E-state index in [2.05, 4.69) is 24.4 Å². The molecule has 0 saturated carbocycles. The molecule has 0 unspecified atom stereocenters. The lowest BCUT2D eigenvalue weighted by atomic mass is 10.2. The normalized spacial score (nSPS) is 14.1. The SMILES string of the molecule is COc1cc(/C=N/N(CCOC=O)C2=NS(=O)(=O)c3ccccc32)ccc1O.COc1cc(/C=N/NCCC(=O)O)ccc1O.O=S1(=O)N=C(Cl)c2ccccc21. The summed E-state index contributed by atoms with van der Waals surface area (Å²) in [6.07, 6.45) is 2.99. The smallest absolute Gasteiger partial charge is 0.305 e. The van der Waals surface area contributed by atoms with Crippen molar-refractivity contribution < 1.29 is 56.0 Å². The molecule has 300 valence electrons. The molecular formula is C36H35ClN6O12S2. The fraction of sp³-hybridized carbons (Fsp3) is 0.167. The highest BCUT2D eigenvalue weighted by Gasteiger charge is 2.31. The number of sulfonamides is 2. The van der Waals surface area contributed by atoms with Gasteiger partial charge in [-0.05, 0) is 65.7 Å². The minimum Gasteiger partial charge on any atom is -0.504 e. The first-order chi connectivity index (χ1) is 27.2. The van der Waals surface area contributed by atoms with E-state index in [1.54, 1.807) is 60.7 Å². The van der Waals surface area contributed by atoms with Gasteiger partial charge >= 0.3 is 5.97 Å². The molecule has 0 bridgehead atoms. The third kappa shape index (κ3) is 11.7. The number of phenols is 2. The van der Waals surface area contributed by atoms with E-state index >= 15 is 0 Å². The number of nitrogens with zero attached hydrogens (tertiary/aromatic N) is 5. The zero-order valence-electron chi connectivity index (χ0n) is 30.1. The van der Waals surface area contributed by atoms with Crippen molar-refractivity contribution in [2.75, 3.05) is 33.9 Å². The number of aromatic hydroxyl groups is 2. The second-order valence-electron chi connectivity index (χ2n) is 11.2. The molecule has 2 aliphatic rings. The summed E-state index contributed by atoms with van der Waals surface area (Å²) in [5.41, 5.74) is 4.84. The van der Waals surface area contributed by atoms with Crippen LogP contribution in [0.4, 0.5) is 0 Å². The fourth-order valence-electron chi connectivity index (χ4n) is 4.78. The monoisotopic (exact) mass is 842 g/mol. The molecule has 57 heavy (non-hydrogen) atoms. The Hall–Kier alpha value is -6.51. The molecule has 0 radical (unpaired) electrons. The van der Waals surface area contributed by atoms with Crippen LogP contribution in [0.1, 0.15) is 28.7 Å². The Morgan fingerprint density at radius 2 is 1.37 bits per heavy atom. The molecule has 0 saturated heterocycles. The van der Waals surface area contributed by atoms with E-state index in [-0.39, 0.29) is 64.2 Å². The number of methoxy groups -OCH3 is 2. The van der Waals surface area contributed by atoms with Gasteiger partial charge in [0.25, 0.3) is 26.5 Å². The lowest BCUT2D eigenvalue weighted by Crippen LogP contribution is -2.29. The number of amidine groups is 1. The fourth-order valence-corrected chi connectivity index (χ4v) is 7.58. The van der Waals surface area contributed by atoms with Crippen molar-refractivity contribution in [3.63, 3.8) is 0 Å². The number of carboxylic acids is 1. The largest absolute Gasteiger partial charge is 0.504 e. The number of halogens is 1. The second kappa shape index (κ2) is 19.9. The Kier molecular flexibility index (Phi) is 15.1. The third-order valence-electron chi connectivity index (χ3n) is 7.44. The molecule has 0 fully saturated rings. The average molecular weight is 843 g/mol. The molecule has 0 aromatic heterocycles. The van der Waals surface area contributed by atoms with Gasteiger partial charge in [-0.2, -0.15) is 27.0 Å². The first-order valence-electron chi connectivity index (χ1n) is 16.3. The van der Waals surface area contributed by atoms with Crippen LogP contribution in [-0.4, -0.2) is 107 Å². The summed E-state index contributed by atoms with van der Waals surface area (Å²) in [6.45, 7) is 0.642. The number of benzene rings is 4. The van der Waals surface area contributed by atoms with Crippen LogP contribution in [0.5, 0.6) is 23.0 Å². The number of rotatable bonds is 13. The van der Waals surface area contributed by atoms with Crippen LogP contribution < -0.4 is 14.9 Å². The van der Waals surface area contributed by atoms with Gasteiger partial charge in [-0.3, -0.25) is 9.59 Å². The number of hydrogen-bond donors (Lipinski definition) is 4. The topological polar surface area (TPSA) is 256 Å². The maximum atomic E-state index is 12.3. The highest BCUT2D eigenvalue weighted by atomic mass is 35.5. The Morgan fingerprint density at radius 1 is 0.825 bits per heavy atom. The molecule has 6 rings (SSSR count). The Labute approximate surface area is 332 Å². The van der Waals surface area contributed by atoms with E-state index in [0.29, 0.717) is 28.9 Å². The Morgan fingerprint density at radius 3 is 1.93 bits per heavy atom. The number of carboxylic acid groups (broad SMARTS) is 1. The van der Waals surface area contributed by atoms with Gasteiger partial charge < -0.3 is 35.0 Å². The van der Waals surface area contributed by atoms with Crippen LogP contribution in [0.25, 0.3) is 0 Å². The summed E-state index contributed by atoms with van der Waals surface area (Å²) < 4.78 is 68.8. The van der Waals surface area contributed by atoms with Gasteiger partial charge in [0, 0.05) is 17.7 Å². The molecule has 0 amide bonds. The number of aliphatic carboxylic acids is 1. The first kappa shape index (κ1) is 43.2. The molecule has 4 aromatic rings. The molecular weight excluding hydrogens is 808 g/mol. The standard InChI is InChI=1S/C18H17N3O6S.C11H14N2O4.C7H4ClNO2S/c1-26-16-10-13(6-7-15(16)23)11-19-21(8-9-27-12-22)18-14-4-2-3-5-17(14)28(24,25)20-18;1-17-10-6-8(2-3-9(10)14)7-13-12-5-4-11(15)16;8-7-5-3-1-2-4-6(5)12(10,11)9-7/h2-7,10-12,23H,8-9H2,1H3;2-3,6-7,12,14H,4-5H2,1H3,(H,15,16);1-4H/b19-11+;13-7+;. The van der Waals surface area contributed by atoms with Gasteiger partial charge in [-0.25, -0.2) is 5.01 Å². The third-order valence-corrected chi connectivity index (χ3v) is 10.5. The molecule has 4 N–H and O–H groups in total. The quantitative estimate of drug-likeness (QED) is 0.0650. The van der Waals surface area contributed by atoms with Gasteiger partial charge in [-0.1, -0.05) is 41.9 Å². The minimum atomic E-state index is -3.82. The molecule has 4 aromatic carbocycles. The first-order valence-corrected chi connectivity index (χ1v) is 19.6. The van der Waals surface area contributed by atoms with Crippen LogP contribution in [0.15, 0.2) is 114 Å². The summed E-state index contributed by atoms with van der Waals surface area (Å²) in [7, 11) is -4.44. The zero-order valence-corrected chi connectivity index (χ0v) is 32.5. The van der Waals surface area contributed by atoms with Crippen LogP contribution in [0, 0.1) is 0 Å². The second-order valence-corrected chi connectivity index (χ2v) is 14.7. The summed E-state index contributed by atoms with van der Waals surface area (Å²) in [6, 6.07) is 22.3. The van der Waals surface area contributed by atoms with Gasteiger partial charge in [0.15, 0.2) is 34.0 Å². The predicted molar refractivity (Wildman–Crippen MR) is 210 cm³/mol. The maximum absolute atomic E-state index is 12.3. The van der Waals surface area contributed by atoms with Gasteiger partial charge in [-0.15, -0.1) is 8.80 Å². The van der Waals surface area contributed by atoms with E-state index in [1.165, 1.54) is 55.9 Å². The van der Waals surface area contributed by atoms with Crippen LogP contribution in [-0.2, 0) is 34.4 Å². The summed E-state index contributed by atoms with van der Waals surface area (Å²) >= 11 is 5.60. The lowest BCUT2D eigenvalue weighted by Gasteiger charge is -2.18. The van der Waals surface area contributed by atoms with Crippen LogP contribution in [0.2, 0.25) is 0 Å². The van der Waals surface area contributed by atoms with E-state index in [0.717, 1.165) is 5.56 Å². The highest BCUT2D eigenvalue weighted by Crippen LogP contribution is 2.29. The molecule has 2 heterocycles. The number of phenolic OH excluding ortho intramolecular Hbond substituents is 2. The highest BCUT2D eigenvalue weighted by molar-refractivity contribution is 7.91. The van der Waals surface area contributed by atoms with E-state index in [1.807, 2.05) is 0 Å². The summed E-state index contributed by atoms with van der Waals surface area (Å²) in [5, 5.41) is 37.0. The lowest BCUT2D eigenvalue weighted by molar-refractivity contribution is -0.137. The van der Waals surface area contributed by atoms with Gasteiger partial charge in [0.2, 0.25) is 0 Å². The van der Waals surface area contributed by atoms with Crippen LogP contribution >= 0.6 is 11.6 Å². The molecule has 18 nitrogen and oxygen atoms in total. The molecule has 21 heteroatoms. The van der Waals surface area contributed by atoms with Crippen molar-refractivity contribution in [1.29, 1.82) is 0 Å². The van der Waals surface area contributed by atoms with E-state index < -0.39 is 26.0 Å². The minimum absolute atomic E-state index is 0.0102. The summed E-state index contributed by atoms with van der Waals surface area (Å²) in [5.74, 6) is -0.0731. The number of ether oxygens (including phenoxy) is 3. The molecule has 0 atom stereocenters.